The maximum Gasteiger partial charge on any atom is 0.246 e. The van der Waals surface area contributed by atoms with Gasteiger partial charge in [0.05, 0.1) is 6.10 Å². The Morgan fingerprint density at radius 3 is 2.53 bits per heavy atom. The van der Waals surface area contributed by atoms with Gasteiger partial charge in [-0.1, -0.05) is 11.6 Å². The van der Waals surface area contributed by atoms with Gasteiger partial charge in [-0.05, 0) is 37.8 Å². The van der Waals surface area contributed by atoms with Crippen molar-refractivity contribution in [2.45, 2.75) is 48.8 Å². The molecule has 2 atom stereocenters. The van der Waals surface area contributed by atoms with Crippen molar-refractivity contribution < 1.29 is 13.5 Å². The molecule has 1 aromatic heterocycles. The average molecular weight is 303 g/mol. The van der Waals surface area contributed by atoms with Crippen molar-refractivity contribution in [2.75, 3.05) is 0 Å². The topological polar surface area (TPSA) is 70.5 Å². The first-order chi connectivity index (χ1) is 9.00. The highest BCUT2D eigenvalue weighted by atomic mass is 35.5. The molecule has 104 valence electrons. The van der Waals surface area contributed by atoms with Crippen LogP contribution in [0.15, 0.2) is 23.2 Å². The predicted octanol–water partition coefficient (Wildman–Crippen LogP) is 1.41. The van der Waals surface area contributed by atoms with Gasteiger partial charge >= 0.3 is 0 Å². The van der Waals surface area contributed by atoms with Gasteiger partial charge in [0.25, 0.3) is 0 Å². The highest BCUT2D eigenvalue weighted by Gasteiger charge is 2.47. The summed E-state index contributed by atoms with van der Waals surface area (Å²) in [6.07, 6.45) is 3.70. The maximum absolute atomic E-state index is 12.7. The fourth-order valence-corrected chi connectivity index (χ4v) is 5.50. The standard InChI is InChI=1S/C12H15ClN2O3S/c13-12-11(2-1-5-14-12)19(17,18)15-8-3-4-9(15)7-10(16)6-8/h1-2,5,8-10,16H,3-4,6-7H2. The number of fused-ring (bicyclic) bond motifs is 2. The van der Waals surface area contributed by atoms with Gasteiger partial charge in [-0.2, -0.15) is 4.31 Å². The summed E-state index contributed by atoms with van der Waals surface area (Å²) in [4.78, 5) is 3.90. The van der Waals surface area contributed by atoms with Crippen LogP contribution in [0.2, 0.25) is 5.15 Å². The monoisotopic (exact) mass is 302 g/mol. The van der Waals surface area contributed by atoms with E-state index in [0.29, 0.717) is 12.8 Å². The highest BCUT2D eigenvalue weighted by Crippen LogP contribution is 2.40. The number of pyridine rings is 1. The number of halogens is 1. The molecule has 0 amide bonds. The van der Waals surface area contributed by atoms with E-state index < -0.39 is 16.1 Å². The maximum atomic E-state index is 12.7. The fraction of sp³-hybridized carbons (Fsp3) is 0.583. The molecule has 2 saturated heterocycles. The van der Waals surface area contributed by atoms with Gasteiger partial charge in [-0.3, -0.25) is 0 Å². The van der Waals surface area contributed by atoms with Crippen molar-refractivity contribution in [3.63, 3.8) is 0 Å². The van der Waals surface area contributed by atoms with E-state index in [4.69, 9.17) is 11.6 Å². The molecule has 0 aliphatic carbocycles. The molecule has 0 saturated carbocycles. The van der Waals surface area contributed by atoms with Crippen LogP contribution in [0.25, 0.3) is 0 Å². The lowest BCUT2D eigenvalue weighted by Crippen LogP contribution is -2.47. The second-order valence-electron chi connectivity index (χ2n) is 5.14. The van der Waals surface area contributed by atoms with Gasteiger partial charge in [0.2, 0.25) is 10.0 Å². The predicted molar refractivity (Wildman–Crippen MR) is 70.3 cm³/mol. The van der Waals surface area contributed by atoms with Crippen molar-refractivity contribution in [3.8, 4) is 0 Å². The van der Waals surface area contributed by atoms with Crippen LogP contribution < -0.4 is 0 Å². The molecule has 2 bridgehead atoms. The van der Waals surface area contributed by atoms with E-state index in [-0.39, 0.29) is 22.1 Å². The SMILES string of the molecule is O=S(=O)(c1cccnc1Cl)N1C2CCC1CC(O)C2. The third-order valence-corrected chi connectivity index (χ3v) is 6.37. The number of hydrogen-bond donors (Lipinski definition) is 1. The van der Waals surface area contributed by atoms with Crippen LogP contribution in [0.5, 0.6) is 0 Å². The van der Waals surface area contributed by atoms with Gasteiger partial charge in [-0.25, -0.2) is 13.4 Å². The smallest absolute Gasteiger partial charge is 0.246 e. The van der Waals surface area contributed by atoms with E-state index >= 15 is 0 Å². The summed E-state index contributed by atoms with van der Waals surface area (Å²) in [7, 11) is -3.62. The molecule has 3 heterocycles. The van der Waals surface area contributed by atoms with Crippen LogP contribution in [-0.2, 0) is 10.0 Å². The second-order valence-corrected chi connectivity index (χ2v) is 7.31. The number of sulfonamides is 1. The molecular formula is C12H15ClN2O3S. The summed E-state index contributed by atoms with van der Waals surface area (Å²) in [6.45, 7) is 0. The zero-order valence-corrected chi connectivity index (χ0v) is 11.8. The Morgan fingerprint density at radius 1 is 1.32 bits per heavy atom. The minimum Gasteiger partial charge on any atom is -0.393 e. The summed E-state index contributed by atoms with van der Waals surface area (Å²) in [6, 6.07) is 2.82. The molecule has 0 radical (unpaired) electrons. The molecule has 2 unspecified atom stereocenters. The Bertz CT molecular complexity index is 578. The first-order valence-corrected chi connectivity index (χ1v) is 8.14. The Kier molecular flexibility index (Phi) is 3.29. The fourth-order valence-electron chi connectivity index (χ4n) is 3.17. The van der Waals surface area contributed by atoms with Crippen molar-refractivity contribution in [2.24, 2.45) is 0 Å². The molecule has 2 aliphatic heterocycles. The van der Waals surface area contributed by atoms with Crippen molar-refractivity contribution in [3.05, 3.63) is 23.5 Å². The summed E-state index contributed by atoms with van der Waals surface area (Å²) >= 11 is 5.91. The molecule has 1 N–H and O–H groups in total. The first-order valence-electron chi connectivity index (χ1n) is 6.32. The largest absolute Gasteiger partial charge is 0.393 e. The Morgan fingerprint density at radius 2 is 1.95 bits per heavy atom. The molecule has 5 nitrogen and oxygen atoms in total. The van der Waals surface area contributed by atoms with Crippen LogP contribution in [0.1, 0.15) is 25.7 Å². The Hall–Kier alpha value is -0.690. The lowest BCUT2D eigenvalue weighted by atomic mass is 10.0. The Labute approximate surface area is 117 Å². The van der Waals surface area contributed by atoms with Crippen LogP contribution >= 0.6 is 11.6 Å². The molecule has 3 rings (SSSR count). The first kappa shape index (κ1) is 13.3. The normalized spacial score (nSPS) is 31.6. The molecule has 0 aromatic carbocycles. The van der Waals surface area contributed by atoms with E-state index in [1.165, 1.54) is 16.6 Å². The zero-order valence-electron chi connectivity index (χ0n) is 10.2. The van der Waals surface area contributed by atoms with Gasteiger partial charge in [0.1, 0.15) is 10.0 Å². The van der Waals surface area contributed by atoms with E-state index in [9.17, 15) is 13.5 Å². The van der Waals surface area contributed by atoms with Crippen LogP contribution in [0.3, 0.4) is 0 Å². The summed E-state index contributed by atoms with van der Waals surface area (Å²) in [5.41, 5.74) is 0. The molecule has 19 heavy (non-hydrogen) atoms. The lowest BCUT2D eigenvalue weighted by Gasteiger charge is -2.36. The van der Waals surface area contributed by atoms with E-state index in [1.807, 2.05) is 0 Å². The summed E-state index contributed by atoms with van der Waals surface area (Å²) in [5.74, 6) is 0. The number of rotatable bonds is 2. The average Bonchev–Trinajstić information content (AvgIpc) is 2.63. The highest BCUT2D eigenvalue weighted by molar-refractivity contribution is 7.89. The molecule has 1 aromatic rings. The van der Waals surface area contributed by atoms with Crippen molar-refractivity contribution >= 4 is 21.6 Å². The van der Waals surface area contributed by atoms with Gasteiger partial charge in [-0.15, -0.1) is 0 Å². The van der Waals surface area contributed by atoms with Gasteiger partial charge in [0, 0.05) is 18.3 Å². The zero-order chi connectivity index (χ0) is 13.6. The number of aromatic nitrogens is 1. The molecule has 7 heteroatoms. The second kappa shape index (κ2) is 4.70. The number of piperidine rings is 1. The lowest BCUT2D eigenvalue weighted by molar-refractivity contribution is 0.0769. The van der Waals surface area contributed by atoms with Crippen LogP contribution in [-0.4, -0.2) is 41.0 Å². The molecule has 0 spiro atoms. The third kappa shape index (κ3) is 2.16. The van der Waals surface area contributed by atoms with E-state index in [0.717, 1.165) is 12.8 Å². The molecule has 2 aliphatic rings. The summed E-state index contributed by atoms with van der Waals surface area (Å²) < 4.78 is 26.9. The minimum absolute atomic E-state index is 0.00743. The molecular weight excluding hydrogens is 288 g/mol. The Balaban J connectivity index is 2.01. The van der Waals surface area contributed by atoms with Gasteiger partial charge < -0.3 is 5.11 Å². The quantitative estimate of drug-likeness (QED) is 0.839. The van der Waals surface area contributed by atoms with Crippen molar-refractivity contribution in [1.29, 1.82) is 0 Å². The molecule has 2 fully saturated rings. The minimum atomic E-state index is -3.62. The number of aliphatic hydroxyl groups is 1. The third-order valence-electron chi connectivity index (χ3n) is 3.92. The number of nitrogens with zero attached hydrogens (tertiary/aromatic N) is 2. The number of aliphatic hydroxyl groups excluding tert-OH is 1. The van der Waals surface area contributed by atoms with Gasteiger partial charge in [0.15, 0.2) is 0 Å². The van der Waals surface area contributed by atoms with Crippen molar-refractivity contribution in [1.82, 2.24) is 9.29 Å². The van der Waals surface area contributed by atoms with E-state index in [1.54, 1.807) is 6.07 Å². The van der Waals surface area contributed by atoms with E-state index in [2.05, 4.69) is 4.98 Å². The van der Waals surface area contributed by atoms with Crippen LogP contribution in [0.4, 0.5) is 0 Å². The summed E-state index contributed by atoms with van der Waals surface area (Å²) in [5, 5.41) is 9.75. The van der Waals surface area contributed by atoms with Crippen LogP contribution in [0, 0.1) is 0 Å². The number of hydrogen-bond acceptors (Lipinski definition) is 4.